The Balaban J connectivity index is 2.29. The number of nitrogens with zero attached hydrogens (tertiary/aromatic N) is 2. The predicted molar refractivity (Wildman–Crippen MR) is 86.6 cm³/mol. The molecule has 0 spiro atoms. The van der Waals surface area contributed by atoms with Gasteiger partial charge in [-0.3, -0.25) is 4.79 Å². The largest absolute Gasteiger partial charge is 0.469 e. The molecule has 0 aromatic carbocycles. The Morgan fingerprint density at radius 2 is 2.29 bits per heavy atom. The molecule has 0 bridgehead atoms. The first-order valence-corrected chi connectivity index (χ1v) is 7.46. The van der Waals surface area contributed by atoms with Gasteiger partial charge in [0.1, 0.15) is 10.8 Å². The number of pyridine rings is 1. The molecule has 0 aliphatic heterocycles. The van der Waals surface area contributed by atoms with Gasteiger partial charge in [0.15, 0.2) is 0 Å². The van der Waals surface area contributed by atoms with Gasteiger partial charge < -0.3 is 15.4 Å². The Morgan fingerprint density at radius 3 is 2.90 bits per heavy atom. The summed E-state index contributed by atoms with van der Waals surface area (Å²) in [5, 5.41) is 0. The van der Waals surface area contributed by atoms with Crippen LogP contribution >= 0.6 is 12.2 Å². The number of rotatable bonds is 5. The van der Waals surface area contributed by atoms with Crippen molar-refractivity contribution in [1.29, 1.82) is 0 Å². The molecule has 2 N–H and O–H groups in total. The number of ether oxygens (including phenoxy) is 1. The molecular formula is C15H21N3O2S. The van der Waals surface area contributed by atoms with Gasteiger partial charge in [0.25, 0.3) is 0 Å². The van der Waals surface area contributed by atoms with Crippen LogP contribution in [0.2, 0.25) is 0 Å². The molecule has 0 saturated carbocycles. The van der Waals surface area contributed by atoms with Crippen molar-refractivity contribution in [2.45, 2.75) is 26.2 Å². The van der Waals surface area contributed by atoms with Crippen LogP contribution in [0.3, 0.4) is 0 Å². The highest BCUT2D eigenvalue weighted by Crippen LogP contribution is 2.27. The highest BCUT2D eigenvalue weighted by Gasteiger charge is 2.22. The fourth-order valence-electron chi connectivity index (χ4n) is 2.71. The molecular weight excluding hydrogens is 286 g/mol. The molecule has 0 fully saturated rings. The summed E-state index contributed by atoms with van der Waals surface area (Å²) in [5.74, 6) is 0.271. The molecule has 0 radical (unpaired) electrons. The van der Waals surface area contributed by atoms with E-state index in [1.54, 1.807) is 0 Å². The molecule has 1 atom stereocenters. The Kier molecular flexibility index (Phi) is 4.77. The van der Waals surface area contributed by atoms with Crippen LogP contribution in [0.4, 0.5) is 5.82 Å². The molecule has 5 nitrogen and oxygen atoms in total. The zero-order valence-corrected chi connectivity index (χ0v) is 13.5. The smallest absolute Gasteiger partial charge is 0.310 e. The van der Waals surface area contributed by atoms with E-state index >= 15 is 0 Å². The summed E-state index contributed by atoms with van der Waals surface area (Å²) < 4.78 is 4.76. The standard InChI is InChI=1S/C15H21N3O2S/c1-9(15(19)20-3)8-18(2)14-11(13(16)21)7-10-5-4-6-12(10)17-14/h7,9H,4-6,8H2,1-3H3,(H2,16,21). The molecule has 1 aliphatic rings. The van der Waals surface area contributed by atoms with E-state index in [4.69, 9.17) is 27.7 Å². The second-order valence-electron chi connectivity index (χ2n) is 5.49. The van der Waals surface area contributed by atoms with E-state index in [1.807, 2.05) is 24.9 Å². The lowest BCUT2D eigenvalue weighted by Crippen LogP contribution is -2.31. The zero-order valence-electron chi connectivity index (χ0n) is 12.7. The number of hydrogen-bond acceptors (Lipinski definition) is 5. The van der Waals surface area contributed by atoms with Gasteiger partial charge in [-0.25, -0.2) is 4.98 Å². The number of anilines is 1. The number of carbonyl (C=O) groups excluding carboxylic acids is 1. The molecule has 21 heavy (non-hydrogen) atoms. The van der Waals surface area contributed by atoms with Gasteiger partial charge >= 0.3 is 5.97 Å². The number of aromatic nitrogens is 1. The summed E-state index contributed by atoms with van der Waals surface area (Å²) in [6.45, 7) is 2.34. The number of carbonyl (C=O) groups is 1. The fourth-order valence-corrected chi connectivity index (χ4v) is 2.86. The third-order valence-corrected chi connectivity index (χ3v) is 4.03. The van der Waals surface area contributed by atoms with Crippen LogP contribution in [0.5, 0.6) is 0 Å². The molecule has 1 unspecified atom stereocenters. The van der Waals surface area contributed by atoms with Crippen molar-refractivity contribution in [1.82, 2.24) is 4.98 Å². The molecule has 2 rings (SSSR count). The first-order valence-electron chi connectivity index (χ1n) is 7.05. The maximum absolute atomic E-state index is 11.6. The van der Waals surface area contributed by atoms with Gasteiger partial charge in [0, 0.05) is 19.3 Å². The minimum Gasteiger partial charge on any atom is -0.469 e. The SMILES string of the molecule is COC(=O)C(C)CN(C)c1nc2c(cc1C(N)=S)CCC2. The number of nitrogens with two attached hydrogens (primary N) is 1. The van der Waals surface area contributed by atoms with Crippen molar-refractivity contribution < 1.29 is 9.53 Å². The average Bonchev–Trinajstić information content (AvgIpc) is 2.91. The minimum absolute atomic E-state index is 0.236. The Morgan fingerprint density at radius 1 is 1.57 bits per heavy atom. The molecule has 0 amide bonds. The fraction of sp³-hybridized carbons (Fsp3) is 0.533. The van der Waals surface area contributed by atoms with E-state index in [-0.39, 0.29) is 11.9 Å². The molecule has 1 heterocycles. The van der Waals surface area contributed by atoms with Crippen LogP contribution < -0.4 is 10.6 Å². The number of aryl methyl sites for hydroxylation is 2. The molecule has 1 aliphatic carbocycles. The van der Waals surface area contributed by atoms with Crippen LogP contribution in [0.1, 0.15) is 30.2 Å². The van der Waals surface area contributed by atoms with E-state index in [0.717, 1.165) is 36.3 Å². The van der Waals surface area contributed by atoms with Gasteiger partial charge in [-0.1, -0.05) is 19.1 Å². The van der Waals surface area contributed by atoms with Gasteiger partial charge in [-0.05, 0) is 30.9 Å². The van der Waals surface area contributed by atoms with Crippen molar-refractivity contribution in [3.63, 3.8) is 0 Å². The summed E-state index contributed by atoms with van der Waals surface area (Å²) in [6, 6.07) is 2.05. The summed E-state index contributed by atoms with van der Waals surface area (Å²) in [7, 11) is 3.29. The maximum Gasteiger partial charge on any atom is 0.310 e. The Bertz CT molecular complexity index is 574. The van der Waals surface area contributed by atoms with Crippen molar-refractivity contribution >= 4 is 29.0 Å². The predicted octanol–water partition coefficient (Wildman–Crippen LogP) is 1.45. The number of thiocarbonyl (C=S) groups is 1. The Hall–Kier alpha value is -1.69. The first-order chi connectivity index (χ1) is 9.93. The van der Waals surface area contributed by atoms with Crippen molar-refractivity contribution in [3.8, 4) is 0 Å². The van der Waals surface area contributed by atoms with Gasteiger partial charge in [-0.2, -0.15) is 0 Å². The van der Waals surface area contributed by atoms with Crippen LogP contribution in [0.25, 0.3) is 0 Å². The maximum atomic E-state index is 11.6. The summed E-state index contributed by atoms with van der Waals surface area (Å²) in [6.07, 6.45) is 3.13. The zero-order chi connectivity index (χ0) is 15.6. The van der Waals surface area contributed by atoms with Crippen LogP contribution in [-0.4, -0.2) is 36.6 Å². The lowest BCUT2D eigenvalue weighted by atomic mass is 10.1. The lowest BCUT2D eigenvalue weighted by molar-refractivity contribution is -0.144. The third kappa shape index (κ3) is 3.32. The number of fused-ring (bicyclic) bond motifs is 1. The van der Waals surface area contributed by atoms with Gasteiger partial charge in [0.2, 0.25) is 0 Å². The van der Waals surface area contributed by atoms with Crippen molar-refractivity contribution in [2.24, 2.45) is 11.7 Å². The quantitative estimate of drug-likeness (QED) is 0.656. The third-order valence-electron chi connectivity index (χ3n) is 3.81. The second-order valence-corrected chi connectivity index (χ2v) is 5.93. The van der Waals surface area contributed by atoms with E-state index in [1.165, 1.54) is 12.7 Å². The molecule has 1 aromatic rings. The molecule has 6 heteroatoms. The summed E-state index contributed by atoms with van der Waals surface area (Å²) in [4.78, 5) is 18.5. The topological polar surface area (TPSA) is 68.5 Å². The van der Waals surface area contributed by atoms with E-state index in [9.17, 15) is 4.79 Å². The molecule has 0 saturated heterocycles. The monoisotopic (exact) mass is 307 g/mol. The molecule has 1 aromatic heterocycles. The highest BCUT2D eigenvalue weighted by atomic mass is 32.1. The number of methoxy groups -OCH3 is 1. The average molecular weight is 307 g/mol. The van der Waals surface area contributed by atoms with Crippen LogP contribution in [0.15, 0.2) is 6.07 Å². The lowest BCUT2D eigenvalue weighted by Gasteiger charge is -2.24. The molecule has 114 valence electrons. The van der Waals surface area contributed by atoms with Gasteiger partial charge in [-0.15, -0.1) is 0 Å². The summed E-state index contributed by atoms with van der Waals surface area (Å²) >= 11 is 5.15. The minimum atomic E-state index is -0.241. The van der Waals surface area contributed by atoms with Crippen LogP contribution in [-0.2, 0) is 22.4 Å². The van der Waals surface area contributed by atoms with Crippen molar-refractivity contribution in [3.05, 3.63) is 22.9 Å². The van der Waals surface area contributed by atoms with E-state index < -0.39 is 0 Å². The van der Waals surface area contributed by atoms with E-state index in [2.05, 4.69) is 0 Å². The first kappa shape index (κ1) is 15.7. The van der Waals surface area contributed by atoms with E-state index in [0.29, 0.717) is 11.5 Å². The normalized spacial score (nSPS) is 14.4. The second kappa shape index (κ2) is 6.39. The van der Waals surface area contributed by atoms with Gasteiger partial charge in [0.05, 0.1) is 18.6 Å². The summed E-state index contributed by atoms with van der Waals surface area (Å²) in [5.41, 5.74) is 8.96. The number of esters is 1. The van der Waals surface area contributed by atoms with Crippen LogP contribution in [0, 0.1) is 5.92 Å². The number of hydrogen-bond donors (Lipinski definition) is 1. The Labute approximate surface area is 130 Å². The van der Waals surface area contributed by atoms with Crippen molar-refractivity contribution in [2.75, 3.05) is 25.6 Å². The highest BCUT2D eigenvalue weighted by molar-refractivity contribution is 7.80.